The van der Waals surface area contributed by atoms with Crippen LogP contribution in [0, 0.1) is 4.64 Å². The van der Waals surface area contributed by atoms with Gasteiger partial charge in [-0.3, -0.25) is 8.98 Å². The number of carbonyl (C=O) groups is 1. The Morgan fingerprint density at radius 1 is 1.33 bits per heavy atom. The molecule has 2 rings (SSSR count). The zero-order chi connectivity index (χ0) is 19.9. The fourth-order valence-electron chi connectivity index (χ4n) is 2.01. The Morgan fingerprint density at radius 2 is 2.07 bits per heavy atom. The Hall–Kier alpha value is -2.60. The van der Waals surface area contributed by atoms with Crippen molar-refractivity contribution in [1.29, 1.82) is 0 Å². The van der Waals surface area contributed by atoms with Crippen molar-refractivity contribution >= 4 is 34.0 Å². The minimum Gasteiger partial charge on any atom is -0.440 e. The second-order valence-corrected chi connectivity index (χ2v) is 6.84. The summed E-state index contributed by atoms with van der Waals surface area (Å²) in [5, 5.41) is 0. The fraction of sp³-hybridized carbons (Fsp3) is 0.188. The molecule has 0 aliphatic heterocycles. The molecule has 1 heterocycles. The first-order valence-corrected chi connectivity index (χ1v) is 9.31. The molecule has 144 valence electrons. The fourth-order valence-corrected chi connectivity index (χ4v) is 2.59. The van der Waals surface area contributed by atoms with E-state index >= 15 is 0 Å². The average molecular weight is 411 g/mol. The van der Waals surface area contributed by atoms with Crippen LogP contribution in [-0.2, 0) is 24.0 Å². The molecule has 0 spiro atoms. The molecule has 2 N–H and O–H groups in total. The number of methoxy groups -OCH3 is 1. The largest absolute Gasteiger partial charge is 0.440 e. The van der Waals surface area contributed by atoms with Crippen LogP contribution in [0.4, 0.5) is 0 Å². The molecule has 0 radical (unpaired) electrons. The SMILES string of the molecule is COC/C=C(/C(=O)NS(=O)(=O)OC)c1ccccc1Oc1cc(=S)nc[nH]1. The van der Waals surface area contributed by atoms with Gasteiger partial charge in [0.2, 0.25) is 5.88 Å². The molecule has 2 aromatic rings. The zero-order valence-corrected chi connectivity index (χ0v) is 16.1. The number of carbonyl (C=O) groups excluding carboxylic acids is 1. The summed E-state index contributed by atoms with van der Waals surface area (Å²) in [7, 11) is -1.84. The van der Waals surface area contributed by atoms with Crippen LogP contribution in [0.1, 0.15) is 5.56 Å². The standard InChI is InChI=1S/C16H17N3O6S2/c1-23-8-7-12(16(20)19-27(21,22)24-2)11-5-3-4-6-13(11)25-14-9-15(26)18-10-17-14/h3-7,9-10H,8H2,1-2H3,(H,19,20)(H,17,18,26)/b12-7+. The molecule has 0 atom stereocenters. The summed E-state index contributed by atoms with van der Waals surface area (Å²) in [5.41, 5.74) is 0.371. The number of H-pyrrole nitrogens is 1. The number of benzene rings is 1. The number of nitrogens with one attached hydrogen (secondary N) is 2. The smallest absolute Gasteiger partial charge is 0.362 e. The number of ether oxygens (including phenoxy) is 2. The molecule has 27 heavy (non-hydrogen) atoms. The third-order valence-corrected chi connectivity index (χ3v) is 4.28. The second-order valence-electron chi connectivity index (χ2n) is 4.97. The van der Waals surface area contributed by atoms with Gasteiger partial charge in [0.15, 0.2) is 0 Å². The highest BCUT2D eigenvalue weighted by Gasteiger charge is 2.21. The van der Waals surface area contributed by atoms with E-state index in [1.54, 1.807) is 24.3 Å². The number of aromatic nitrogens is 2. The third-order valence-electron chi connectivity index (χ3n) is 3.19. The molecule has 1 aromatic carbocycles. The van der Waals surface area contributed by atoms with Crippen LogP contribution < -0.4 is 9.46 Å². The molecule has 0 aliphatic carbocycles. The van der Waals surface area contributed by atoms with Crippen molar-refractivity contribution in [2.45, 2.75) is 0 Å². The molecule has 1 amide bonds. The molecule has 9 nitrogen and oxygen atoms in total. The van der Waals surface area contributed by atoms with Gasteiger partial charge in [-0.1, -0.05) is 30.4 Å². The summed E-state index contributed by atoms with van der Waals surface area (Å²) in [5.74, 6) is -0.298. The summed E-state index contributed by atoms with van der Waals surface area (Å²) >= 11 is 4.99. The number of hydrogen-bond acceptors (Lipinski definition) is 8. The number of hydrogen-bond donors (Lipinski definition) is 2. The Balaban J connectivity index is 2.44. The molecule has 0 saturated carbocycles. The number of amides is 1. The van der Waals surface area contributed by atoms with Crippen LogP contribution >= 0.6 is 12.2 Å². The summed E-state index contributed by atoms with van der Waals surface area (Å²) in [6.45, 7) is 0.0712. The Bertz CT molecular complexity index is 1000. The maximum absolute atomic E-state index is 12.5. The predicted octanol–water partition coefficient (Wildman–Crippen LogP) is 1.97. The van der Waals surface area contributed by atoms with E-state index in [0.717, 1.165) is 7.11 Å². The maximum atomic E-state index is 12.5. The van der Waals surface area contributed by atoms with Gasteiger partial charge in [0.1, 0.15) is 10.4 Å². The zero-order valence-electron chi connectivity index (χ0n) is 14.5. The lowest BCUT2D eigenvalue weighted by molar-refractivity contribution is -0.114. The highest BCUT2D eigenvalue weighted by atomic mass is 32.2. The normalized spacial score (nSPS) is 11.9. The first-order chi connectivity index (χ1) is 12.9. The van der Waals surface area contributed by atoms with Crippen molar-refractivity contribution in [1.82, 2.24) is 14.7 Å². The van der Waals surface area contributed by atoms with Crippen molar-refractivity contribution in [3.05, 3.63) is 52.9 Å². The van der Waals surface area contributed by atoms with Gasteiger partial charge in [0, 0.05) is 24.3 Å². The quantitative estimate of drug-likeness (QED) is 0.500. The van der Waals surface area contributed by atoms with Gasteiger partial charge in [0.05, 0.1) is 20.0 Å². The number of para-hydroxylation sites is 1. The van der Waals surface area contributed by atoms with Crippen LogP contribution in [0.2, 0.25) is 0 Å². The number of nitrogens with zero attached hydrogens (tertiary/aromatic N) is 1. The van der Waals surface area contributed by atoms with Crippen molar-refractivity contribution in [3.63, 3.8) is 0 Å². The Labute approximate surface area is 161 Å². The van der Waals surface area contributed by atoms with E-state index in [1.807, 2.05) is 4.72 Å². The second kappa shape index (κ2) is 9.37. The van der Waals surface area contributed by atoms with Gasteiger partial charge in [-0.25, -0.2) is 9.71 Å². The number of rotatable bonds is 8. The molecular weight excluding hydrogens is 394 g/mol. The molecule has 0 bridgehead atoms. The van der Waals surface area contributed by atoms with Gasteiger partial charge in [-0.05, 0) is 12.1 Å². The summed E-state index contributed by atoms with van der Waals surface area (Å²) in [6.07, 6.45) is 2.80. The summed E-state index contributed by atoms with van der Waals surface area (Å²) in [4.78, 5) is 19.1. The van der Waals surface area contributed by atoms with Gasteiger partial charge < -0.3 is 14.5 Å². The molecule has 1 aromatic heterocycles. The molecule has 11 heteroatoms. The lowest BCUT2D eigenvalue weighted by Gasteiger charge is -2.14. The average Bonchev–Trinajstić information content (AvgIpc) is 2.63. The van der Waals surface area contributed by atoms with Crippen molar-refractivity contribution in [2.24, 2.45) is 0 Å². The number of aromatic amines is 1. The van der Waals surface area contributed by atoms with Crippen LogP contribution in [-0.4, -0.2) is 45.1 Å². The van der Waals surface area contributed by atoms with Crippen molar-refractivity contribution < 1.29 is 26.9 Å². The summed E-state index contributed by atoms with van der Waals surface area (Å²) in [6, 6.07) is 8.10. The third kappa shape index (κ3) is 5.96. The highest BCUT2D eigenvalue weighted by Crippen LogP contribution is 2.29. The molecule has 0 unspecified atom stereocenters. The van der Waals surface area contributed by atoms with E-state index in [-0.39, 0.29) is 12.2 Å². The topological polar surface area (TPSA) is 120 Å². The Kier molecular flexibility index (Phi) is 7.19. The lowest BCUT2D eigenvalue weighted by atomic mass is 10.0. The van der Waals surface area contributed by atoms with E-state index in [1.165, 1.54) is 25.6 Å². The van der Waals surface area contributed by atoms with Gasteiger partial charge >= 0.3 is 10.3 Å². The highest BCUT2D eigenvalue weighted by molar-refractivity contribution is 7.85. The van der Waals surface area contributed by atoms with Gasteiger partial charge in [-0.15, -0.1) is 0 Å². The van der Waals surface area contributed by atoms with Gasteiger partial charge in [0.25, 0.3) is 5.91 Å². The molecule has 0 aliphatic rings. The minimum absolute atomic E-state index is 0.0285. The van der Waals surface area contributed by atoms with Crippen molar-refractivity contribution in [2.75, 3.05) is 20.8 Å². The maximum Gasteiger partial charge on any atom is 0.362 e. The minimum atomic E-state index is -4.22. The molecule has 0 saturated heterocycles. The molecule has 0 fully saturated rings. The summed E-state index contributed by atoms with van der Waals surface area (Å²) < 4.78 is 40.2. The van der Waals surface area contributed by atoms with Crippen LogP contribution in [0.3, 0.4) is 0 Å². The lowest BCUT2D eigenvalue weighted by Crippen LogP contribution is -2.32. The first kappa shape index (κ1) is 20.7. The Morgan fingerprint density at radius 3 is 2.74 bits per heavy atom. The van der Waals surface area contributed by atoms with E-state index < -0.39 is 16.2 Å². The van der Waals surface area contributed by atoms with E-state index in [2.05, 4.69) is 14.2 Å². The van der Waals surface area contributed by atoms with Gasteiger partial charge in [-0.2, -0.15) is 8.42 Å². The van der Waals surface area contributed by atoms with Crippen LogP contribution in [0.5, 0.6) is 11.6 Å². The van der Waals surface area contributed by atoms with E-state index in [0.29, 0.717) is 21.8 Å². The van der Waals surface area contributed by atoms with Crippen LogP contribution in [0.15, 0.2) is 42.7 Å². The van der Waals surface area contributed by atoms with E-state index in [9.17, 15) is 13.2 Å². The van der Waals surface area contributed by atoms with E-state index in [4.69, 9.17) is 21.7 Å². The molecular formula is C16H17N3O6S2. The monoisotopic (exact) mass is 411 g/mol. The predicted molar refractivity (Wildman–Crippen MR) is 99.9 cm³/mol. The first-order valence-electron chi connectivity index (χ1n) is 7.50. The van der Waals surface area contributed by atoms with Crippen molar-refractivity contribution in [3.8, 4) is 11.6 Å². The van der Waals surface area contributed by atoms with Crippen LogP contribution in [0.25, 0.3) is 5.57 Å².